The molecule has 0 spiro atoms. The van der Waals surface area contributed by atoms with Gasteiger partial charge in [-0.1, -0.05) is 54.1 Å². The predicted molar refractivity (Wildman–Crippen MR) is 116 cm³/mol. The van der Waals surface area contributed by atoms with Gasteiger partial charge in [0.2, 0.25) is 0 Å². The lowest BCUT2D eigenvalue weighted by Gasteiger charge is -2.37. The van der Waals surface area contributed by atoms with Crippen molar-refractivity contribution in [1.82, 2.24) is 5.01 Å². The van der Waals surface area contributed by atoms with Gasteiger partial charge in [-0.2, -0.15) is 10.1 Å². The highest BCUT2D eigenvalue weighted by Crippen LogP contribution is 2.65. The van der Waals surface area contributed by atoms with E-state index in [0.29, 0.717) is 34.8 Å². The maximum absolute atomic E-state index is 13.1. The summed E-state index contributed by atoms with van der Waals surface area (Å²) in [5.41, 5.74) is 1.58. The van der Waals surface area contributed by atoms with Gasteiger partial charge in [0.05, 0.1) is 18.1 Å². The van der Waals surface area contributed by atoms with Crippen molar-refractivity contribution in [1.29, 1.82) is 0 Å². The molecule has 5 aliphatic rings. The van der Waals surface area contributed by atoms with E-state index < -0.39 is 0 Å². The number of allylic oxidation sites excluding steroid dienone is 2. The summed E-state index contributed by atoms with van der Waals surface area (Å²) >= 11 is 6.22. The third-order valence-corrected chi connectivity index (χ3v) is 7.58. The van der Waals surface area contributed by atoms with Crippen LogP contribution in [0.5, 0.6) is 5.75 Å². The van der Waals surface area contributed by atoms with Crippen LogP contribution in [0.25, 0.3) is 0 Å². The third kappa shape index (κ3) is 2.94. The minimum Gasteiger partial charge on any atom is -0.488 e. The fourth-order valence-corrected chi connectivity index (χ4v) is 5.85. The summed E-state index contributed by atoms with van der Waals surface area (Å²) in [5, 5.41) is 6.06. The van der Waals surface area contributed by atoms with Crippen LogP contribution < -0.4 is 4.74 Å². The Bertz CT molecular complexity index is 1110. The van der Waals surface area contributed by atoms with Crippen LogP contribution in [0.3, 0.4) is 0 Å². The molecule has 0 radical (unpaired) electrons. The maximum atomic E-state index is 13.1. The number of benzene rings is 2. The molecule has 1 heterocycles. The van der Waals surface area contributed by atoms with Crippen LogP contribution in [0.4, 0.5) is 0 Å². The average molecular weight is 433 g/mol. The Hall–Kier alpha value is -2.92. The van der Waals surface area contributed by atoms with Crippen LogP contribution in [0.15, 0.2) is 65.8 Å². The first-order valence-electron chi connectivity index (χ1n) is 10.7. The predicted octanol–water partition coefficient (Wildman–Crippen LogP) is 4.31. The Morgan fingerprint density at radius 1 is 0.968 bits per heavy atom. The molecule has 6 heteroatoms. The molecular weight excluding hydrogens is 412 g/mol. The average Bonchev–Trinajstić information content (AvgIpc) is 3.57. The van der Waals surface area contributed by atoms with Gasteiger partial charge in [0.1, 0.15) is 12.4 Å². The summed E-state index contributed by atoms with van der Waals surface area (Å²) in [5.74, 6) is 1.37. The fourth-order valence-electron chi connectivity index (χ4n) is 5.66. The molecule has 6 atom stereocenters. The van der Waals surface area contributed by atoms with E-state index in [1.807, 2.05) is 48.5 Å². The van der Waals surface area contributed by atoms with Crippen molar-refractivity contribution in [3.8, 4) is 5.75 Å². The molecule has 5 nitrogen and oxygen atoms in total. The van der Waals surface area contributed by atoms with Crippen molar-refractivity contribution in [3.05, 3.63) is 76.8 Å². The summed E-state index contributed by atoms with van der Waals surface area (Å²) in [7, 11) is 0. The lowest BCUT2D eigenvalue weighted by molar-refractivity contribution is -0.140. The van der Waals surface area contributed by atoms with E-state index in [1.54, 1.807) is 6.21 Å². The van der Waals surface area contributed by atoms with E-state index in [4.69, 9.17) is 16.3 Å². The number of nitrogens with zero attached hydrogens (tertiary/aromatic N) is 2. The molecule has 7 rings (SSSR count). The van der Waals surface area contributed by atoms with Crippen LogP contribution in [0.2, 0.25) is 5.02 Å². The van der Waals surface area contributed by atoms with Gasteiger partial charge >= 0.3 is 0 Å². The van der Waals surface area contributed by atoms with Crippen LogP contribution >= 0.6 is 11.6 Å². The highest BCUT2D eigenvalue weighted by molar-refractivity contribution is 6.31. The number of halogens is 1. The largest absolute Gasteiger partial charge is 0.488 e. The van der Waals surface area contributed by atoms with Crippen LogP contribution in [-0.2, 0) is 16.2 Å². The topological polar surface area (TPSA) is 59.0 Å². The number of amides is 2. The van der Waals surface area contributed by atoms with Crippen LogP contribution in [0.1, 0.15) is 17.5 Å². The molecule has 156 valence electrons. The van der Waals surface area contributed by atoms with E-state index in [2.05, 4.69) is 17.3 Å². The maximum Gasteiger partial charge on any atom is 0.254 e. The van der Waals surface area contributed by atoms with Gasteiger partial charge in [-0.3, -0.25) is 9.59 Å². The highest BCUT2D eigenvalue weighted by atomic mass is 35.5. The lowest BCUT2D eigenvalue weighted by Crippen LogP contribution is -2.40. The number of ether oxygens (including phenoxy) is 1. The second-order valence-corrected chi connectivity index (χ2v) is 9.21. The van der Waals surface area contributed by atoms with E-state index >= 15 is 0 Å². The monoisotopic (exact) mass is 432 g/mol. The van der Waals surface area contributed by atoms with Crippen molar-refractivity contribution in [2.45, 2.75) is 13.0 Å². The molecule has 0 N–H and O–H groups in total. The van der Waals surface area contributed by atoms with Gasteiger partial charge in [-0.05, 0) is 48.3 Å². The molecule has 2 aromatic rings. The normalized spacial score (nSPS) is 32.5. The minimum absolute atomic E-state index is 0.162. The standard InChI is InChI=1S/C25H21ClN2O3/c26-20-7-3-1-6-15(20)13-31-21-8-4-2-5-14(21)12-27-28-24(29)22-16-9-10-17(19-11-18(16)19)23(22)25(28)30/h1-10,12,16-19,22-23H,11,13H2/b27-12-/t16-,17-,18-,19-,22-,23+/m1/s1. The van der Waals surface area contributed by atoms with E-state index in [1.165, 1.54) is 0 Å². The Morgan fingerprint density at radius 3 is 2.32 bits per heavy atom. The van der Waals surface area contributed by atoms with Gasteiger partial charge in [0.25, 0.3) is 11.8 Å². The van der Waals surface area contributed by atoms with Crippen molar-refractivity contribution in [2.75, 3.05) is 0 Å². The first-order chi connectivity index (χ1) is 15.1. The molecule has 1 saturated heterocycles. The lowest BCUT2D eigenvalue weighted by atomic mass is 9.63. The minimum atomic E-state index is -0.241. The number of imide groups is 1. The summed E-state index contributed by atoms with van der Waals surface area (Å²) in [6.07, 6.45) is 7.02. The van der Waals surface area contributed by atoms with Crippen molar-refractivity contribution < 1.29 is 14.3 Å². The van der Waals surface area contributed by atoms with E-state index in [0.717, 1.165) is 17.0 Å². The van der Waals surface area contributed by atoms with Crippen molar-refractivity contribution in [2.24, 2.45) is 40.6 Å². The number of rotatable bonds is 5. The summed E-state index contributed by atoms with van der Waals surface area (Å²) < 4.78 is 5.96. The molecule has 2 bridgehead atoms. The zero-order valence-corrected chi connectivity index (χ0v) is 17.5. The number of hydrogen-bond donors (Lipinski definition) is 0. The van der Waals surface area contributed by atoms with E-state index in [9.17, 15) is 9.59 Å². The first kappa shape index (κ1) is 18.8. The number of hydrazone groups is 1. The highest BCUT2D eigenvalue weighted by Gasteiger charge is 2.67. The Kier molecular flexibility index (Phi) is 4.29. The Balaban J connectivity index is 1.22. The second kappa shape index (κ2) is 7.06. The second-order valence-electron chi connectivity index (χ2n) is 8.81. The molecule has 0 unspecified atom stereocenters. The molecule has 1 aliphatic heterocycles. The van der Waals surface area contributed by atoms with Gasteiger partial charge in [0, 0.05) is 16.1 Å². The molecular formula is C25H21ClN2O3. The Morgan fingerprint density at radius 2 is 1.61 bits per heavy atom. The van der Waals surface area contributed by atoms with Gasteiger partial charge in [-0.25, -0.2) is 0 Å². The van der Waals surface area contributed by atoms with E-state index in [-0.39, 0.29) is 35.5 Å². The van der Waals surface area contributed by atoms with Crippen LogP contribution in [-0.4, -0.2) is 23.0 Å². The molecule has 31 heavy (non-hydrogen) atoms. The number of carbonyl (C=O) groups is 2. The molecule has 3 fully saturated rings. The zero-order valence-electron chi connectivity index (χ0n) is 16.7. The van der Waals surface area contributed by atoms with Gasteiger partial charge in [-0.15, -0.1) is 0 Å². The number of para-hydroxylation sites is 1. The molecule has 4 aliphatic carbocycles. The van der Waals surface area contributed by atoms with Gasteiger partial charge in [0.15, 0.2) is 0 Å². The summed E-state index contributed by atoms with van der Waals surface area (Å²) in [4.78, 5) is 26.1. The quantitative estimate of drug-likeness (QED) is 0.402. The van der Waals surface area contributed by atoms with Gasteiger partial charge < -0.3 is 4.74 Å². The summed E-state index contributed by atoms with van der Waals surface area (Å²) in [6.45, 7) is 0.314. The van der Waals surface area contributed by atoms with Crippen molar-refractivity contribution in [3.63, 3.8) is 0 Å². The first-order valence-corrected chi connectivity index (χ1v) is 11.1. The zero-order chi connectivity index (χ0) is 21.1. The number of hydrogen-bond acceptors (Lipinski definition) is 4. The van der Waals surface area contributed by atoms with Crippen molar-refractivity contribution >= 4 is 29.6 Å². The van der Waals surface area contributed by atoms with Crippen LogP contribution in [0, 0.1) is 35.5 Å². The number of carbonyl (C=O) groups excluding carboxylic acids is 2. The molecule has 0 aromatic heterocycles. The SMILES string of the molecule is O=C1[C@@H]2[C@@H]3C=C[C@H]([C@H]4C[C@H]34)[C@@H]2C(=O)N1/N=C\c1ccccc1OCc1ccccc1Cl. The fraction of sp³-hybridized carbons (Fsp3) is 0.320. The molecule has 2 saturated carbocycles. The third-order valence-electron chi connectivity index (χ3n) is 7.21. The molecule has 2 amide bonds. The summed E-state index contributed by atoms with van der Waals surface area (Å²) in [6, 6.07) is 14.9. The smallest absolute Gasteiger partial charge is 0.254 e. The Labute approximate surface area is 185 Å². The molecule has 2 aromatic carbocycles.